The number of ether oxygens (including phenoxy) is 3. The average Bonchev–Trinajstić information content (AvgIpc) is 3.29. The number of anilines is 1. The molecule has 0 saturated heterocycles. The zero-order chi connectivity index (χ0) is 27.1. The van der Waals surface area contributed by atoms with Gasteiger partial charge in [-0.05, 0) is 68.0 Å². The Kier molecular flexibility index (Phi) is 9.06. The van der Waals surface area contributed by atoms with Gasteiger partial charge in [0.05, 0.1) is 19.3 Å². The lowest BCUT2D eigenvalue weighted by Gasteiger charge is -2.12. The van der Waals surface area contributed by atoms with Crippen LogP contribution in [0.2, 0.25) is 5.02 Å². The van der Waals surface area contributed by atoms with Crippen molar-refractivity contribution in [1.82, 2.24) is 0 Å². The summed E-state index contributed by atoms with van der Waals surface area (Å²) in [6, 6.07) is 14.5. The van der Waals surface area contributed by atoms with Crippen molar-refractivity contribution in [2.45, 2.75) is 39.2 Å². The molecule has 1 aliphatic carbocycles. The molecular formula is C29H27ClN2O5S. The molecule has 1 aliphatic rings. The summed E-state index contributed by atoms with van der Waals surface area (Å²) < 4.78 is 16.6. The van der Waals surface area contributed by atoms with Gasteiger partial charge in [0.2, 0.25) is 0 Å². The molecule has 0 saturated carbocycles. The van der Waals surface area contributed by atoms with Gasteiger partial charge in [-0.15, -0.1) is 11.3 Å². The predicted octanol–water partition coefficient (Wildman–Crippen LogP) is 6.59. The lowest BCUT2D eigenvalue weighted by molar-refractivity contribution is -0.112. The Morgan fingerprint density at radius 2 is 1.95 bits per heavy atom. The molecule has 0 unspecified atom stereocenters. The van der Waals surface area contributed by atoms with E-state index in [0.29, 0.717) is 32.6 Å². The molecule has 1 amide bonds. The third-order valence-electron chi connectivity index (χ3n) is 6.08. The number of nitrogens with one attached hydrogen (secondary N) is 1. The number of carbonyl (C=O) groups is 2. The molecule has 3 aromatic rings. The van der Waals surface area contributed by atoms with Crippen LogP contribution in [0.25, 0.3) is 6.08 Å². The topological polar surface area (TPSA) is 97.7 Å². The first-order valence-corrected chi connectivity index (χ1v) is 13.4. The molecule has 0 spiro atoms. The Labute approximate surface area is 230 Å². The van der Waals surface area contributed by atoms with Gasteiger partial charge in [-0.1, -0.05) is 35.9 Å². The van der Waals surface area contributed by atoms with Gasteiger partial charge in [0.15, 0.2) is 11.5 Å². The fraction of sp³-hybridized carbons (Fsp3) is 0.276. The molecule has 0 radical (unpaired) electrons. The quantitative estimate of drug-likeness (QED) is 0.183. The fourth-order valence-electron chi connectivity index (χ4n) is 4.22. The van der Waals surface area contributed by atoms with Crippen molar-refractivity contribution in [3.63, 3.8) is 0 Å². The SMILES string of the molecule is CCOC(=O)c1c(NC(=O)/C(C#N)=C/c2ccc(OCc3ccccc3Cl)c(OC)c2)sc2c1CCCC2. The number of methoxy groups -OCH3 is 1. The Bertz CT molecular complexity index is 1420. The van der Waals surface area contributed by atoms with E-state index in [0.717, 1.165) is 41.7 Å². The van der Waals surface area contributed by atoms with Gasteiger partial charge in [0, 0.05) is 15.5 Å². The molecule has 38 heavy (non-hydrogen) atoms. The van der Waals surface area contributed by atoms with Gasteiger partial charge in [-0.2, -0.15) is 5.26 Å². The molecule has 4 rings (SSSR count). The van der Waals surface area contributed by atoms with Crippen molar-refractivity contribution in [2.24, 2.45) is 0 Å². The van der Waals surface area contributed by atoms with E-state index in [-0.39, 0.29) is 18.8 Å². The van der Waals surface area contributed by atoms with Gasteiger partial charge >= 0.3 is 5.97 Å². The van der Waals surface area contributed by atoms with Crippen molar-refractivity contribution >= 4 is 45.9 Å². The number of amides is 1. The zero-order valence-corrected chi connectivity index (χ0v) is 22.7. The van der Waals surface area contributed by atoms with Crippen LogP contribution in [-0.4, -0.2) is 25.6 Å². The van der Waals surface area contributed by atoms with Crippen molar-refractivity contribution in [1.29, 1.82) is 5.26 Å². The number of rotatable bonds is 9. The van der Waals surface area contributed by atoms with Crippen molar-refractivity contribution in [3.8, 4) is 17.6 Å². The number of carbonyl (C=O) groups excluding carboxylic acids is 2. The van der Waals surface area contributed by atoms with Crippen LogP contribution in [0.1, 0.15) is 51.7 Å². The number of hydrogen-bond donors (Lipinski definition) is 1. The van der Waals surface area contributed by atoms with Gasteiger partial charge in [0.25, 0.3) is 5.91 Å². The van der Waals surface area contributed by atoms with Crippen LogP contribution in [0.4, 0.5) is 5.00 Å². The fourth-order valence-corrected chi connectivity index (χ4v) is 5.69. The van der Waals surface area contributed by atoms with E-state index >= 15 is 0 Å². The number of nitriles is 1. The predicted molar refractivity (Wildman–Crippen MR) is 148 cm³/mol. The second-order valence-electron chi connectivity index (χ2n) is 8.55. The van der Waals surface area contributed by atoms with Gasteiger partial charge < -0.3 is 19.5 Å². The van der Waals surface area contributed by atoms with Crippen LogP contribution in [0, 0.1) is 11.3 Å². The molecule has 1 N–H and O–H groups in total. The largest absolute Gasteiger partial charge is 0.493 e. The summed E-state index contributed by atoms with van der Waals surface area (Å²) in [6.45, 7) is 2.23. The monoisotopic (exact) mass is 550 g/mol. The molecule has 1 aromatic heterocycles. The molecule has 0 atom stereocenters. The molecule has 7 nitrogen and oxygen atoms in total. The third-order valence-corrected chi connectivity index (χ3v) is 7.66. The minimum Gasteiger partial charge on any atom is -0.493 e. The third kappa shape index (κ3) is 6.18. The maximum absolute atomic E-state index is 13.1. The molecule has 0 bridgehead atoms. The summed E-state index contributed by atoms with van der Waals surface area (Å²) in [4.78, 5) is 26.9. The Hall–Kier alpha value is -3.80. The highest BCUT2D eigenvalue weighted by Gasteiger charge is 2.27. The number of thiophene rings is 1. The Morgan fingerprint density at radius 3 is 2.68 bits per heavy atom. The second kappa shape index (κ2) is 12.6. The molecule has 9 heteroatoms. The first kappa shape index (κ1) is 27.2. The lowest BCUT2D eigenvalue weighted by atomic mass is 9.95. The summed E-state index contributed by atoms with van der Waals surface area (Å²) >= 11 is 7.59. The Morgan fingerprint density at radius 1 is 1.16 bits per heavy atom. The van der Waals surface area contributed by atoms with E-state index in [2.05, 4.69) is 5.32 Å². The van der Waals surface area contributed by atoms with Crippen LogP contribution in [0.3, 0.4) is 0 Å². The van der Waals surface area contributed by atoms with E-state index < -0.39 is 11.9 Å². The van der Waals surface area contributed by atoms with E-state index in [1.54, 1.807) is 31.2 Å². The highest BCUT2D eigenvalue weighted by Crippen LogP contribution is 2.39. The zero-order valence-electron chi connectivity index (χ0n) is 21.1. The molecule has 0 aliphatic heterocycles. The summed E-state index contributed by atoms with van der Waals surface area (Å²) in [6.07, 6.45) is 5.10. The van der Waals surface area contributed by atoms with Gasteiger partial charge in [0.1, 0.15) is 23.3 Å². The first-order chi connectivity index (χ1) is 18.4. The van der Waals surface area contributed by atoms with Crippen molar-refractivity contribution < 1.29 is 23.8 Å². The number of esters is 1. The van der Waals surface area contributed by atoms with Gasteiger partial charge in [-0.25, -0.2) is 4.79 Å². The normalized spacial score (nSPS) is 12.7. The molecule has 196 valence electrons. The number of benzene rings is 2. The maximum atomic E-state index is 13.1. The molecular weight excluding hydrogens is 524 g/mol. The number of nitrogens with zero attached hydrogens (tertiary/aromatic N) is 1. The molecule has 2 aromatic carbocycles. The smallest absolute Gasteiger partial charge is 0.341 e. The second-order valence-corrected chi connectivity index (χ2v) is 10.1. The van der Waals surface area contributed by atoms with E-state index in [9.17, 15) is 14.9 Å². The van der Waals surface area contributed by atoms with E-state index in [1.807, 2.05) is 24.3 Å². The number of halogens is 1. The van der Waals surface area contributed by atoms with Crippen LogP contribution < -0.4 is 14.8 Å². The highest BCUT2D eigenvalue weighted by atomic mass is 35.5. The van der Waals surface area contributed by atoms with Crippen molar-refractivity contribution in [3.05, 3.63) is 80.2 Å². The number of hydrogen-bond acceptors (Lipinski definition) is 7. The maximum Gasteiger partial charge on any atom is 0.341 e. The van der Waals surface area contributed by atoms with Crippen LogP contribution >= 0.6 is 22.9 Å². The van der Waals surface area contributed by atoms with Crippen LogP contribution in [0.5, 0.6) is 11.5 Å². The summed E-state index contributed by atoms with van der Waals surface area (Å²) in [5.74, 6) is -0.119. The number of fused-ring (bicyclic) bond motifs is 1. The molecule has 0 fully saturated rings. The molecule has 1 heterocycles. The summed E-state index contributed by atoms with van der Waals surface area (Å²) in [7, 11) is 1.51. The summed E-state index contributed by atoms with van der Waals surface area (Å²) in [5.41, 5.74) is 2.64. The minimum atomic E-state index is -0.602. The van der Waals surface area contributed by atoms with Crippen LogP contribution in [-0.2, 0) is 29.0 Å². The van der Waals surface area contributed by atoms with Gasteiger partial charge in [-0.3, -0.25) is 4.79 Å². The standard InChI is InChI=1S/C29H27ClN2O5S/c1-3-36-29(34)26-21-9-5-7-11-25(21)38-28(26)32-27(33)20(16-31)14-18-12-13-23(24(15-18)35-2)37-17-19-8-4-6-10-22(19)30/h4,6,8,10,12-15H,3,5,7,9,11,17H2,1-2H3,(H,32,33)/b20-14+. The van der Waals surface area contributed by atoms with Crippen molar-refractivity contribution in [2.75, 3.05) is 19.0 Å². The lowest BCUT2D eigenvalue weighted by Crippen LogP contribution is -2.16. The number of aryl methyl sites for hydroxylation is 1. The minimum absolute atomic E-state index is 0.113. The first-order valence-electron chi connectivity index (χ1n) is 12.2. The van der Waals surface area contributed by atoms with E-state index in [4.69, 9.17) is 25.8 Å². The highest BCUT2D eigenvalue weighted by molar-refractivity contribution is 7.17. The van der Waals surface area contributed by atoms with Crippen LogP contribution in [0.15, 0.2) is 48.0 Å². The van der Waals surface area contributed by atoms with E-state index in [1.165, 1.54) is 24.5 Å². The Balaban J connectivity index is 1.54. The summed E-state index contributed by atoms with van der Waals surface area (Å²) in [5, 5.41) is 13.5. The average molecular weight is 551 g/mol.